The molecule has 4 N–H and O–H groups in total. The average Bonchev–Trinajstić information content (AvgIpc) is 2.97. The lowest BCUT2D eigenvalue weighted by molar-refractivity contribution is 0.0625. The molecule has 0 spiro atoms. The summed E-state index contributed by atoms with van der Waals surface area (Å²) in [4.78, 5) is 17.2. The largest absolute Gasteiger partial charge is 0.455 e. The van der Waals surface area contributed by atoms with Gasteiger partial charge in [0.15, 0.2) is 5.76 Å². The number of hydrogen-bond donors (Lipinski definition) is 2. The summed E-state index contributed by atoms with van der Waals surface area (Å²) in [5.41, 5.74) is 13.3. The second kappa shape index (κ2) is 7.49. The minimum absolute atomic E-state index is 0.0624. The molecule has 2 aliphatic rings. The van der Waals surface area contributed by atoms with Crippen LogP contribution in [0.3, 0.4) is 0 Å². The Labute approximate surface area is 153 Å². The number of amides is 1. The quantitative estimate of drug-likeness (QED) is 0.475. The zero-order chi connectivity index (χ0) is 18.8. The molecule has 1 amide bonds. The fourth-order valence-electron chi connectivity index (χ4n) is 3.80. The maximum Gasteiger partial charge on any atom is 0.289 e. The van der Waals surface area contributed by atoms with Gasteiger partial charge in [0.1, 0.15) is 5.76 Å². The van der Waals surface area contributed by atoms with E-state index in [1.54, 1.807) is 0 Å². The Kier molecular flexibility index (Phi) is 5.31. The highest BCUT2D eigenvalue weighted by Crippen LogP contribution is 2.31. The van der Waals surface area contributed by atoms with Gasteiger partial charge in [0.2, 0.25) is 5.96 Å². The summed E-state index contributed by atoms with van der Waals surface area (Å²) in [6.45, 7) is 3.92. The van der Waals surface area contributed by atoms with Gasteiger partial charge in [0.25, 0.3) is 5.91 Å². The van der Waals surface area contributed by atoms with Crippen LogP contribution in [-0.2, 0) is 6.42 Å². The van der Waals surface area contributed by atoms with E-state index in [-0.39, 0.29) is 17.9 Å². The van der Waals surface area contributed by atoms with Gasteiger partial charge in [0.05, 0.1) is 5.71 Å². The summed E-state index contributed by atoms with van der Waals surface area (Å²) in [6.07, 6.45) is 4.42. The Hall–Kier alpha value is -2.35. The second-order valence-corrected chi connectivity index (χ2v) is 7.23. The average molecular weight is 360 g/mol. The zero-order valence-corrected chi connectivity index (χ0v) is 15.8. The van der Waals surface area contributed by atoms with Crippen molar-refractivity contribution in [2.45, 2.75) is 45.1 Å². The summed E-state index contributed by atoms with van der Waals surface area (Å²) in [5.74, 6) is 1.07. The molecule has 0 radical (unpaired) electrons. The van der Waals surface area contributed by atoms with Crippen LogP contribution in [0.5, 0.6) is 0 Å². The monoisotopic (exact) mass is 360 g/mol. The molecule has 1 fully saturated rings. The van der Waals surface area contributed by atoms with Crippen molar-refractivity contribution in [3.8, 4) is 0 Å². The van der Waals surface area contributed by atoms with E-state index in [9.17, 15) is 4.79 Å². The van der Waals surface area contributed by atoms with Gasteiger partial charge < -0.3 is 25.7 Å². The number of furan rings is 1. The molecule has 142 valence electrons. The molecule has 1 saturated heterocycles. The van der Waals surface area contributed by atoms with Crippen LogP contribution in [0, 0.1) is 6.92 Å². The molecule has 1 aromatic rings. The standard InChI is InChI=1S/C18H28N6O2/c1-11-15-13(21-22-18(19)20)5-4-6-14(15)26-16(11)17(25)24(3)12-7-9-23(2)10-8-12/h12H,4-10H2,1-3H3,(H4,19,20,22)/b21-13+. The minimum Gasteiger partial charge on any atom is -0.455 e. The Morgan fingerprint density at radius 1 is 1.27 bits per heavy atom. The van der Waals surface area contributed by atoms with Crippen LogP contribution >= 0.6 is 0 Å². The van der Waals surface area contributed by atoms with E-state index in [4.69, 9.17) is 15.9 Å². The molecule has 0 saturated carbocycles. The molecule has 26 heavy (non-hydrogen) atoms. The molecular weight excluding hydrogens is 332 g/mol. The van der Waals surface area contributed by atoms with Crippen LogP contribution in [0.25, 0.3) is 0 Å². The Morgan fingerprint density at radius 2 is 1.96 bits per heavy atom. The summed E-state index contributed by atoms with van der Waals surface area (Å²) >= 11 is 0. The first kappa shape index (κ1) is 18.4. The number of piperidine rings is 1. The van der Waals surface area contributed by atoms with Crippen LogP contribution in [0.15, 0.2) is 14.6 Å². The number of fused-ring (bicyclic) bond motifs is 1. The molecular formula is C18H28N6O2. The summed E-state index contributed by atoms with van der Waals surface area (Å²) in [7, 11) is 3.98. The first-order chi connectivity index (χ1) is 12.4. The van der Waals surface area contributed by atoms with E-state index < -0.39 is 0 Å². The molecule has 8 heteroatoms. The third-order valence-corrected chi connectivity index (χ3v) is 5.36. The van der Waals surface area contributed by atoms with Crippen molar-refractivity contribution in [2.75, 3.05) is 27.2 Å². The van der Waals surface area contributed by atoms with Crippen LogP contribution in [0.2, 0.25) is 0 Å². The smallest absolute Gasteiger partial charge is 0.289 e. The van der Waals surface area contributed by atoms with Gasteiger partial charge in [0, 0.05) is 30.6 Å². The van der Waals surface area contributed by atoms with Crippen LogP contribution in [0.1, 0.15) is 53.1 Å². The van der Waals surface area contributed by atoms with Gasteiger partial charge in [-0.05, 0) is 52.7 Å². The van der Waals surface area contributed by atoms with Crippen LogP contribution in [0.4, 0.5) is 0 Å². The highest BCUT2D eigenvalue weighted by molar-refractivity contribution is 6.06. The molecule has 0 bridgehead atoms. The molecule has 8 nitrogen and oxygen atoms in total. The fraction of sp³-hybridized carbons (Fsp3) is 0.611. The first-order valence-electron chi connectivity index (χ1n) is 9.12. The van der Waals surface area contributed by atoms with E-state index in [0.717, 1.165) is 67.8 Å². The zero-order valence-electron chi connectivity index (χ0n) is 15.8. The molecule has 3 rings (SSSR count). The van der Waals surface area contributed by atoms with Crippen molar-refractivity contribution in [1.29, 1.82) is 0 Å². The van der Waals surface area contributed by atoms with Gasteiger partial charge in [-0.15, -0.1) is 5.10 Å². The number of guanidine groups is 1. The lowest BCUT2D eigenvalue weighted by Gasteiger charge is -2.34. The maximum atomic E-state index is 13.0. The number of rotatable bonds is 3. The molecule has 0 atom stereocenters. The van der Waals surface area contributed by atoms with E-state index >= 15 is 0 Å². The Morgan fingerprint density at radius 3 is 2.62 bits per heavy atom. The Bertz CT molecular complexity index is 739. The molecule has 2 heterocycles. The van der Waals surface area contributed by atoms with Gasteiger partial charge in [-0.2, -0.15) is 5.10 Å². The van der Waals surface area contributed by atoms with Crippen molar-refractivity contribution >= 4 is 17.6 Å². The summed E-state index contributed by atoms with van der Waals surface area (Å²) in [6, 6.07) is 0.245. The van der Waals surface area contributed by atoms with Crippen LogP contribution < -0.4 is 11.5 Å². The fourth-order valence-corrected chi connectivity index (χ4v) is 3.80. The van der Waals surface area contributed by atoms with Gasteiger partial charge in [-0.3, -0.25) is 4.79 Å². The second-order valence-electron chi connectivity index (χ2n) is 7.23. The lowest BCUT2D eigenvalue weighted by atomic mass is 9.93. The number of nitrogens with zero attached hydrogens (tertiary/aromatic N) is 4. The van der Waals surface area contributed by atoms with E-state index in [2.05, 4.69) is 22.2 Å². The predicted octanol–water partition coefficient (Wildman–Crippen LogP) is 1.07. The van der Waals surface area contributed by atoms with Crippen molar-refractivity contribution in [1.82, 2.24) is 9.80 Å². The van der Waals surface area contributed by atoms with Crippen molar-refractivity contribution in [3.63, 3.8) is 0 Å². The minimum atomic E-state index is -0.0796. The highest BCUT2D eigenvalue weighted by atomic mass is 16.4. The third kappa shape index (κ3) is 3.60. The summed E-state index contributed by atoms with van der Waals surface area (Å²) in [5, 5.41) is 7.94. The van der Waals surface area contributed by atoms with E-state index in [1.807, 2.05) is 18.9 Å². The van der Waals surface area contributed by atoms with Crippen molar-refractivity contribution in [3.05, 3.63) is 22.6 Å². The normalized spacial score (nSPS) is 20.0. The lowest BCUT2D eigenvalue weighted by Crippen LogP contribution is -2.44. The number of carbonyl (C=O) groups is 1. The van der Waals surface area contributed by atoms with Gasteiger partial charge in [-0.1, -0.05) is 0 Å². The SMILES string of the molecule is Cc1c(C(=O)N(C)C2CCN(C)CC2)oc2c1/C(=N/N=C(N)N)CCC2. The molecule has 1 aliphatic carbocycles. The number of likely N-dealkylation sites (tertiary alicyclic amines) is 1. The predicted molar refractivity (Wildman–Crippen MR) is 101 cm³/mol. The van der Waals surface area contributed by atoms with Crippen molar-refractivity contribution < 1.29 is 9.21 Å². The maximum absolute atomic E-state index is 13.0. The molecule has 1 aliphatic heterocycles. The van der Waals surface area contributed by atoms with E-state index in [1.165, 1.54) is 0 Å². The highest BCUT2D eigenvalue weighted by Gasteiger charge is 2.32. The number of nitrogens with two attached hydrogens (primary N) is 2. The molecule has 0 unspecified atom stereocenters. The van der Waals surface area contributed by atoms with Crippen molar-refractivity contribution in [2.24, 2.45) is 21.7 Å². The number of carbonyl (C=O) groups excluding carboxylic acids is 1. The first-order valence-corrected chi connectivity index (χ1v) is 9.12. The van der Waals surface area contributed by atoms with E-state index in [0.29, 0.717) is 5.76 Å². The van der Waals surface area contributed by atoms with Crippen LogP contribution in [-0.4, -0.2) is 60.6 Å². The summed E-state index contributed by atoms with van der Waals surface area (Å²) < 4.78 is 5.98. The van der Waals surface area contributed by atoms with Gasteiger partial charge >= 0.3 is 0 Å². The third-order valence-electron chi connectivity index (χ3n) is 5.36. The number of aryl methyl sites for hydroxylation is 1. The number of hydrogen-bond acceptors (Lipinski definition) is 5. The molecule has 1 aromatic heterocycles. The topological polar surface area (TPSA) is 113 Å². The Balaban J connectivity index is 1.86. The van der Waals surface area contributed by atoms with Gasteiger partial charge in [-0.25, -0.2) is 0 Å². The molecule has 0 aromatic carbocycles.